The second kappa shape index (κ2) is 6.75. The van der Waals surface area contributed by atoms with Gasteiger partial charge in [0.15, 0.2) is 17.5 Å². The normalized spacial score (nSPS) is 11.3. The van der Waals surface area contributed by atoms with Crippen LogP contribution in [0.2, 0.25) is 0 Å². The lowest BCUT2D eigenvalue weighted by atomic mass is 10.1. The van der Waals surface area contributed by atoms with Crippen molar-refractivity contribution in [3.8, 4) is 0 Å². The highest BCUT2D eigenvalue weighted by molar-refractivity contribution is 7.92. The summed E-state index contributed by atoms with van der Waals surface area (Å²) in [6, 6.07) is 7.35. The Kier molecular flexibility index (Phi) is 5.07. The van der Waals surface area contributed by atoms with Crippen LogP contribution in [0.15, 0.2) is 36.4 Å². The third-order valence-electron chi connectivity index (χ3n) is 3.67. The number of amides is 1. The number of rotatable bonds is 4. The molecule has 0 bridgehead atoms. The molecule has 1 amide bonds. The Labute approximate surface area is 143 Å². The number of anilines is 2. The average Bonchev–Trinajstić information content (AvgIpc) is 2.57. The Balaban J connectivity index is 2.30. The molecule has 0 aromatic heterocycles. The highest BCUT2D eigenvalue weighted by Crippen LogP contribution is 2.23. The van der Waals surface area contributed by atoms with Crippen molar-refractivity contribution in [3.63, 3.8) is 0 Å². The van der Waals surface area contributed by atoms with E-state index in [4.69, 9.17) is 0 Å². The Bertz CT molecular complexity index is 915. The molecule has 0 N–H and O–H groups in total. The number of hydrogen-bond acceptors (Lipinski definition) is 3. The van der Waals surface area contributed by atoms with E-state index >= 15 is 0 Å². The van der Waals surface area contributed by atoms with E-state index in [2.05, 4.69) is 0 Å². The molecule has 0 heterocycles. The fourth-order valence-corrected chi connectivity index (χ4v) is 2.57. The monoisotopic (exact) mass is 372 g/mol. The summed E-state index contributed by atoms with van der Waals surface area (Å²) in [4.78, 5) is 13.3. The molecule has 2 rings (SSSR count). The number of benzene rings is 2. The minimum Gasteiger partial charge on any atom is -0.311 e. The maximum atomic E-state index is 13.8. The van der Waals surface area contributed by atoms with Crippen molar-refractivity contribution in [2.45, 2.75) is 0 Å². The lowest BCUT2D eigenvalue weighted by molar-refractivity contribution is 0.0988. The van der Waals surface area contributed by atoms with E-state index in [1.165, 1.54) is 38.4 Å². The number of carbonyl (C=O) groups excluding carboxylic acids is 1. The first-order valence-electron chi connectivity index (χ1n) is 6.99. The molecule has 0 saturated carbocycles. The van der Waals surface area contributed by atoms with Gasteiger partial charge in [0.05, 0.1) is 17.5 Å². The summed E-state index contributed by atoms with van der Waals surface area (Å²) in [6.07, 6.45) is 1.04. The SMILES string of the molecule is CN(C(=O)c1ccc(F)c(F)c1F)c1ccc(N(C)S(C)(=O)=O)cc1. The number of sulfonamides is 1. The van der Waals surface area contributed by atoms with E-state index in [0.717, 1.165) is 21.5 Å². The lowest BCUT2D eigenvalue weighted by Gasteiger charge is -2.20. The molecule has 0 aliphatic carbocycles. The molecule has 2 aromatic carbocycles. The van der Waals surface area contributed by atoms with Crippen LogP contribution >= 0.6 is 0 Å². The highest BCUT2D eigenvalue weighted by Gasteiger charge is 2.22. The maximum absolute atomic E-state index is 13.8. The van der Waals surface area contributed by atoms with Crippen LogP contribution in [0.1, 0.15) is 10.4 Å². The summed E-state index contributed by atoms with van der Waals surface area (Å²) in [5, 5.41) is 0. The summed E-state index contributed by atoms with van der Waals surface area (Å²) >= 11 is 0. The zero-order valence-corrected chi connectivity index (χ0v) is 14.4. The van der Waals surface area contributed by atoms with E-state index in [1.807, 2.05) is 0 Å². The largest absolute Gasteiger partial charge is 0.311 e. The molecular formula is C16H15F3N2O3S. The molecule has 0 spiro atoms. The molecule has 0 unspecified atom stereocenters. The van der Waals surface area contributed by atoms with Crippen LogP contribution in [0.3, 0.4) is 0 Å². The van der Waals surface area contributed by atoms with Crippen LogP contribution < -0.4 is 9.21 Å². The average molecular weight is 372 g/mol. The highest BCUT2D eigenvalue weighted by atomic mass is 32.2. The van der Waals surface area contributed by atoms with Gasteiger partial charge >= 0.3 is 0 Å². The first-order chi connectivity index (χ1) is 11.5. The molecule has 0 aliphatic rings. The number of nitrogens with zero attached hydrogens (tertiary/aromatic N) is 2. The van der Waals surface area contributed by atoms with E-state index in [9.17, 15) is 26.4 Å². The Morgan fingerprint density at radius 3 is 1.92 bits per heavy atom. The number of carbonyl (C=O) groups is 1. The van der Waals surface area contributed by atoms with Gasteiger partial charge in [0, 0.05) is 19.8 Å². The second-order valence-corrected chi connectivity index (χ2v) is 7.35. The summed E-state index contributed by atoms with van der Waals surface area (Å²) in [5.41, 5.74) is 0.0737. The van der Waals surface area contributed by atoms with Crippen molar-refractivity contribution in [1.29, 1.82) is 0 Å². The minimum atomic E-state index is -3.44. The van der Waals surface area contributed by atoms with Crippen molar-refractivity contribution in [1.82, 2.24) is 0 Å². The first kappa shape index (κ1) is 18.8. The minimum absolute atomic E-state index is 0.319. The molecule has 0 fully saturated rings. The van der Waals surface area contributed by atoms with E-state index < -0.39 is 38.9 Å². The summed E-state index contributed by atoms with van der Waals surface area (Å²) < 4.78 is 64.0. The van der Waals surface area contributed by atoms with Gasteiger partial charge in [-0.05, 0) is 36.4 Å². The molecule has 25 heavy (non-hydrogen) atoms. The van der Waals surface area contributed by atoms with Gasteiger partial charge in [-0.15, -0.1) is 0 Å². The summed E-state index contributed by atoms with van der Waals surface area (Å²) in [7, 11) is -0.734. The van der Waals surface area contributed by atoms with Crippen LogP contribution in [0.4, 0.5) is 24.5 Å². The Hall–Kier alpha value is -2.55. The zero-order chi connectivity index (χ0) is 18.9. The number of hydrogen-bond donors (Lipinski definition) is 0. The van der Waals surface area contributed by atoms with E-state index in [0.29, 0.717) is 17.4 Å². The standard InChI is InChI=1S/C16H15F3N2O3S/c1-20(16(22)12-8-9-13(17)15(19)14(12)18)10-4-6-11(7-5-10)21(2)25(3,23)24/h4-9H,1-3H3. The van der Waals surface area contributed by atoms with Gasteiger partial charge in [-0.2, -0.15) is 0 Å². The van der Waals surface area contributed by atoms with Crippen LogP contribution in [-0.4, -0.2) is 34.7 Å². The number of halogens is 3. The quantitative estimate of drug-likeness (QED) is 0.776. The van der Waals surface area contributed by atoms with Crippen molar-refractivity contribution in [3.05, 3.63) is 59.4 Å². The molecule has 9 heteroatoms. The fraction of sp³-hybridized carbons (Fsp3) is 0.188. The van der Waals surface area contributed by atoms with Gasteiger partial charge in [-0.25, -0.2) is 21.6 Å². The molecule has 0 atom stereocenters. The maximum Gasteiger partial charge on any atom is 0.261 e. The van der Waals surface area contributed by atoms with Crippen molar-refractivity contribution in [2.24, 2.45) is 0 Å². The molecule has 0 saturated heterocycles. The van der Waals surface area contributed by atoms with Gasteiger partial charge in [-0.3, -0.25) is 9.10 Å². The summed E-state index contributed by atoms with van der Waals surface area (Å²) in [6.45, 7) is 0. The predicted octanol–water partition coefficient (Wildman–Crippen LogP) is 2.78. The van der Waals surface area contributed by atoms with Crippen molar-refractivity contribution < 1.29 is 26.4 Å². The predicted molar refractivity (Wildman–Crippen MR) is 88.7 cm³/mol. The topological polar surface area (TPSA) is 57.7 Å². The fourth-order valence-electron chi connectivity index (χ4n) is 2.07. The van der Waals surface area contributed by atoms with Crippen molar-refractivity contribution in [2.75, 3.05) is 29.6 Å². The van der Waals surface area contributed by atoms with Gasteiger partial charge in [0.25, 0.3) is 5.91 Å². The smallest absolute Gasteiger partial charge is 0.261 e. The second-order valence-electron chi connectivity index (χ2n) is 5.33. The molecule has 134 valence electrons. The molecule has 0 aliphatic heterocycles. The van der Waals surface area contributed by atoms with E-state index in [-0.39, 0.29) is 0 Å². The van der Waals surface area contributed by atoms with E-state index in [1.54, 1.807) is 0 Å². The molecule has 5 nitrogen and oxygen atoms in total. The third kappa shape index (κ3) is 3.76. The molecule has 2 aromatic rings. The third-order valence-corrected chi connectivity index (χ3v) is 4.87. The van der Waals surface area contributed by atoms with Crippen LogP contribution in [0.25, 0.3) is 0 Å². The Morgan fingerprint density at radius 1 is 0.880 bits per heavy atom. The van der Waals surface area contributed by atoms with Gasteiger partial charge in [0.1, 0.15) is 0 Å². The van der Waals surface area contributed by atoms with Crippen molar-refractivity contribution >= 4 is 27.3 Å². The Morgan fingerprint density at radius 2 is 1.40 bits per heavy atom. The van der Waals surface area contributed by atoms with Crippen LogP contribution in [-0.2, 0) is 10.0 Å². The molecular weight excluding hydrogens is 357 g/mol. The zero-order valence-electron chi connectivity index (χ0n) is 13.6. The lowest BCUT2D eigenvalue weighted by Crippen LogP contribution is -2.28. The van der Waals surface area contributed by atoms with Gasteiger partial charge in [0.2, 0.25) is 10.0 Å². The molecule has 0 radical (unpaired) electrons. The summed E-state index contributed by atoms with van der Waals surface area (Å²) in [5.74, 6) is -5.54. The first-order valence-corrected chi connectivity index (χ1v) is 8.84. The van der Waals surface area contributed by atoms with Gasteiger partial charge in [-0.1, -0.05) is 0 Å². The van der Waals surface area contributed by atoms with Crippen LogP contribution in [0.5, 0.6) is 0 Å². The van der Waals surface area contributed by atoms with Crippen LogP contribution in [0, 0.1) is 17.5 Å². The van der Waals surface area contributed by atoms with Gasteiger partial charge < -0.3 is 4.90 Å².